The van der Waals surface area contributed by atoms with Crippen LogP contribution in [-0.4, -0.2) is 37.9 Å². The van der Waals surface area contributed by atoms with E-state index in [0.717, 1.165) is 29.8 Å². The monoisotopic (exact) mass is 304 g/mol. The largest absolute Gasteiger partial charge is 0.469 e. The lowest BCUT2D eigenvalue weighted by Gasteiger charge is -2.21. The second-order valence-corrected chi connectivity index (χ2v) is 5.46. The summed E-state index contributed by atoms with van der Waals surface area (Å²) in [6, 6.07) is 3.63. The fraction of sp³-hybridized carbons (Fsp3) is 0.438. The first-order valence-corrected chi connectivity index (χ1v) is 7.19. The number of nitrogens with two attached hydrogens (primary N) is 1. The first kappa shape index (κ1) is 16.0. The van der Waals surface area contributed by atoms with Crippen molar-refractivity contribution in [1.29, 1.82) is 0 Å². The number of hydrogen-bond donors (Lipinski definition) is 1. The van der Waals surface area contributed by atoms with Gasteiger partial charge in [0, 0.05) is 19.5 Å². The minimum absolute atomic E-state index is 0.0379. The van der Waals surface area contributed by atoms with Gasteiger partial charge in [-0.1, -0.05) is 6.07 Å². The third-order valence-electron chi connectivity index (χ3n) is 3.75. The lowest BCUT2D eigenvalue weighted by molar-refractivity contribution is -0.140. The van der Waals surface area contributed by atoms with Gasteiger partial charge in [-0.2, -0.15) is 0 Å². The average molecular weight is 304 g/mol. The summed E-state index contributed by atoms with van der Waals surface area (Å²) < 4.78 is 4.64. The van der Waals surface area contributed by atoms with E-state index in [1.54, 1.807) is 6.07 Å². The minimum atomic E-state index is -0.522. The second-order valence-electron chi connectivity index (χ2n) is 5.46. The normalized spacial score (nSPS) is 12.9. The maximum Gasteiger partial charge on any atom is 0.307 e. The van der Waals surface area contributed by atoms with Crippen LogP contribution in [0, 0.1) is 0 Å². The van der Waals surface area contributed by atoms with Gasteiger partial charge in [0.2, 0.25) is 0 Å². The number of hydrogen-bond acceptors (Lipinski definition) is 5. The quantitative estimate of drug-likeness (QED) is 0.787. The number of methoxy groups -OCH3 is 1. The van der Waals surface area contributed by atoms with Gasteiger partial charge in [0.25, 0.3) is 5.91 Å². The van der Waals surface area contributed by atoms with Crippen LogP contribution in [-0.2, 0) is 27.2 Å². The van der Waals surface area contributed by atoms with E-state index in [9.17, 15) is 14.4 Å². The van der Waals surface area contributed by atoms with Crippen LogP contribution in [0.15, 0.2) is 12.1 Å². The minimum Gasteiger partial charge on any atom is -0.469 e. The van der Waals surface area contributed by atoms with Crippen LogP contribution in [0.1, 0.15) is 34.8 Å². The zero-order chi connectivity index (χ0) is 16.3. The van der Waals surface area contributed by atoms with E-state index in [1.165, 1.54) is 14.0 Å². The molecule has 1 aromatic carbocycles. The number of esters is 1. The fourth-order valence-corrected chi connectivity index (χ4v) is 2.82. The van der Waals surface area contributed by atoms with Gasteiger partial charge in [-0.25, -0.2) is 0 Å². The third kappa shape index (κ3) is 3.44. The summed E-state index contributed by atoms with van der Waals surface area (Å²) in [5, 5.41) is 0. The molecular formula is C16H20N2O4. The van der Waals surface area contributed by atoms with E-state index in [2.05, 4.69) is 4.74 Å². The topological polar surface area (TPSA) is 89.7 Å². The summed E-state index contributed by atoms with van der Waals surface area (Å²) in [7, 11) is 1.35. The van der Waals surface area contributed by atoms with Gasteiger partial charge in [-0.15, -0.1) is 0 Å². The number of carbonyl (C=O) groups is 3. The van der Waals surface area contributed by atoms with E-state index in [0.29, 0.717) is 12.1 Å². The number of amides is 1. The summed E-state index contributed by atoms with van der Waals surface area (Å²) in [5.41, 5.74) is 8.48. The van der Waals surface area contributed by atoms with Gasteiger partial charge in [-0.3, -0.25) is 14.4 Å². The fourth-order valence-electron chi connectivity index (χ4n) is 2.82. The van der Waals surface area contributed by atoms with Crippen LogP contribution < -0.4 is 10.6 Å². The summed E-state index contributed by atoms with van der Waals surface area (Å²) >= 11 is 0. The molecule has 1 amide bonds. The molecule has 0 saturated heterocycles. The van der Waals surface area contributed by atoms with E-state index in [4.69, 9.17) is 5.73 Å². The molecule has 1 aliphatic heterocycles. The first-order chi connectivity index (χ1) is 10.4. The van der Waals surface area contributed by atoms with Crippen LogP contribution in [0.5, 0.6) is 0 Å². The molecule has 0 unspecified atom stereocenters. The van der Waals surface area contributed by atoms with Crippen molar-refractivity contribution < 1.29 is 19.1 Å². The Kier molecular flexibility index (Phi) is 4.80. The van der Waals surface area contributed by atoms with Crippen LogP contribution in [0.4, 0.5) is 5.69 Å². The summed E-state index contributed by atoms with van der Waals surface area (Å²) in [6.07, 6.45) is 1.31. The SMILES string of the molecule is COC(=O)CCN1CCc2cc(CC(C)=O)cc(C(N)=O)c21. The van der Waals surface area contributed by atoms with Crippen molar-refractivity contribution >= 4 is 23.3 Å². The van der Waals surface area contributed by atoms with Crippen molar-refractivity contribution in [1.82, 2.24) is 0 Å². The number of nitrogens with zero attached hydrogens (tertiary/aromatic N) is 1. The van der Waals surface area contributed by atoms with Gasteiger partial charge < -0.3 is 15.4 Å². The predicted molar refractivity (Wildman–Crippen MR) is 81.9 cm³/mol. The van der Waals surface area contributed by atoms with Crippen molar-refractivity contribution in [2.75, 3.05) is 25.1 Å². The summed E-state index contributed by atoms with van der Waals surface area (Å²) in [6.45, 7) is 2.71. The number of primary amides is 1. The highest BCUT2D eigenvalue weighted by atomic mass is 16.5. The number of rotatable bonds is 6. The standard InChI is InChI=1S/C16H20N2O4/c1-10(19)7-11-8-12-3-5-18(6-4-14(20)22-2)15(12)13(9-11)16(17)21/h8-9H,3-7H2,1-2H3,(H2,17,21). The Hall–Kier alpha value is -2.37. The Morgan fingerprint density at radius 1 is 1.32 bits per heavy atom. The molecule has 0 spiro atoms. The van der Waals surface area contributed by atoms with Crippen molar-refractivity contribution in [3.05, 3.63) is 28.8 Å². The van der Waals surface area contributed by atoms with Crippen LogP contribution in [0.3, 0.4) is 0 Å². The predicted octanol–water partition coefficient (Wildman–Crippen LogP) is 0.843. The first-order valence-electron chi connectivity index (χ1n) is 7.19. The average Bonchev–Trinajstić information content (AvgIpc) is 2.86. The molecule has 2 rings (SSSR count). The van der Waals surface area contributed by atoms with Gasteiger partial charge in [0.1, 0.15) is 5.78 Å². The Balaban J connectivity index is 2.31. The smallest absolute Gasteiger partial charge is 0.307 e. The van der Waals surface area contributed by atoms with Crippen molar-refractivity contribution in [2.24, 2.45) is 5.73 Å². The van der Waals surface area contributed by atoms with Crippen molar-refractivity contribution in [3.63, 3.8) is 0 Å². The molecule has 6 heteroatoms. The molecular weight excluding hydrogens is 284 g/mol. The number of Topliss-reactive ketones (excluding diaryl/α,β-unsaturated/α-hetero) is 1. The second kappa shape index (κ2) is 6.60. The molecule has 0 bridgehead atoms. The molecule has 22 heavy (non-hydrogen) atoms. The summed E-state index contributed by atoms with van der Waals surface area (Å²) in [5.74, 6) is -0.773. The van der Waals surface area contributed by atoms with Gasteiger partial charge >= 0.3 is 5.97 Å². The number of anilines is 1. The number of benzene rings is 1. The molecule has 1 aromatic rings. The maximum atomic E-state index is 11.8. The molecule has 0 aliphatic carbocycles. The lowest BCUT2D eigenvalue weighted by Crippen LogP contribution is -2.27. The van der Waals surface area contributed by atoms with E-state index in [-0.39, 0.29) is 24.6 Å². The molecule has 0 fully saturated rings. The van der Waals surface area contributed by atoms with Crippen LogP contribution in [0.2, 0.25) is 0 Å². The molecule has 0 saturated carbocycles. The summed E-state index contributed by atoms with van der Waals surface area (Å²) in [4.78, 5) is 36.3. The molecule has 118 valence electrons. The van der Waals surface area contributed by atoms with Crippen LogP contribution >= 0.6 is 0 Å². The van der Waals surface area contributed by atoms with Gasteiger partial charge in [-0.05, 0) is 30.5 Å². The maximum absolute atomic E-state index is 11.8. The van der Waals surface area contributed by atoms with E-state index < -0.39 is 5.91 Å². The highest BCUT2D eigenvalue weighted by Crippen LogP contribution is 2.33. The Morgan fingerprint density at radius 3 is 2.64 bits per heavy atom. The van der Waals surface area contributed by atoms with Gasteiger partial charge in [0.05, 0.1) is 24.8 Å². The van der Waals surface area contributed by atoms with Crippen molar-refractivity contribution in [3.8, 4) is 0 Å². The molecule has 0 atom stereocenters. The lowest BCUT2D eigenvalue weighted by atomic mass is 9.99. The number of ether oxygens (including phenoxy) is 1. The highest BCUT2D eigenvalue weighted by Gasteiger charge is 2.26. The zero-order valence-corrected chi connectivity index (χ0v) is 12.8. The zero-order valence-electron chi connectivity index (χ0n) is 12.8. The number of fused-ring (bicyclic) bond motifs is 1. The van der Waals surface area contributed by atoms with Gasteiger partial charge in [0.15, 0.2) is 0 Å². The number of carbonyl (C=O) groups excluding carboxylic acids is 3. The molecule has 0 aromatic heterocycles. The Morgan fingerprint density at radius 2 is 2.05 bits per heavy atom. The Labute approximate surface area is 129 Å². The molecule has 2 N–H and O–H groups in total. The Bertz CT molecular complexity index is 625. The molecule has 0 radical (unpaired) electrons. The van der Waals surface area contributed by atoms with E-state index >= 15 is 0 Å². The molecule has 1 aliphatic rings. The van der Waals surface area contributed by atoms with E-state index in [1.807, 2.05) is 11.0 Å². The molecule has 1 heterocycles. The third-order valence-corrected chi connectivity index (χ3v) is 3.75. The highest BCUT2D eigenvalue weighted by molar-refractivity contribution is 6.00. The number of ketones is 1. The van der Waals surface area contributed by atoms with Crippen molar-refractivity contribution in [2.45, 2.75) is 26.2 Å². The molecule has 6 nitrogen and oxygen atoms in total. The van der Waals surface area contributed by atoms with Crippen LogP contribution in [0.25, 0.3) is 0 Å².